The maximum absolute atomic E-state index is 8.85. The number of ether oxygens (including phenoxy) is 4. The van der Waals surface area contributed by atoms with Crippen molar-refractivity contribution in [2.24, 2.45) is 5.14 Å². The van der Waals surface area contributed by atoms with E-state index in [4.69, 9.17) is 31.9 Å². The van der Waals surface area contributed by atoms with E-state index in [0.29, 0.717) is 0 Å². The lowest BCUT2D eigenvalue weighted by atomic mass is 10.0. The summed E-state index contributed by atoms with van der Waals surface area (Å²) in [5.74, 6) is 1.56. The van der Waals surface area contributed by atoms with Crippen LogP contribution in [0.15, 0.2) is 74.2 Å². The highest BCUT2D eigenvalue weighted by atomic mass is 127. The molecule has 0 spiro atoms. The van der Waals surface area contributed by atoms with Crippen molar-refractivity contribution in [1.82, 2.24) is 0 Å². The van der Waals surface area contributed by atoms with Crippen molar-refractivity contribution in [1.29, 1.82) is 0 Å². The molecule has 3 rings (SSSR count). The van der Waals surface area contributed by atoms with Crippen LogP contribution in [0, 0.1) is 7.14 Å². The van der Waals surface area contributed by atoms with Crippen LogP contribution < -0.4 is 35.8 Å². The Morgan fingerprint density at radius 1 is 0.778 bits per heavy atom. The van der Waals surface area contributed by atoms with Crippen molar-refractivity contribution >= 4 is 10.3 Å². The van der Waals surface area contributed by atoms with Gasteiger partial charge in [-0.05, 0) is 48.5 Å². The van der Waals surface area contributed by atoms with E-state index >= 15 is 0 Å². The zero-order chi connectivity index (χ0) is 26.8. The average molecular weight is 634 g/mol. The van der Waals surface area contributed by atoms with E-state index in [9.17, 15) is 0 Å². The SMILES string of the molecule is C1CCCCC1.C=COC(C)Oc1ccc([I+]c2ccc(OC(C)OC=C)cc2)cc1.NS(=O)(=O)[O-]. The first-order chi connectivity index (χ1) is 17.1. The van der Waals surface area contributed by atoms with Crippen molar-refractivity contribution in [3.63, 3.8) is 0 Å². The number of benzene rings is 2. The second-order valence-corrected chi connectivity index (χ2v) is 11.6. The third kappa shape index (κ3) is 17.2. The van der Waals surface area contributed by atoms with Crippen molar-refractivity contribution in [3.05, 3.63) is 81.4 Å². The van der Waals surface area contributed by atoms with Gasteiger partial charge in [0, 0.05) is 13.8 Å². The number of hydrogen-bond donors (Lipinski definition) is 1. The van der Waals surface area contributed by atoms with Crippen molar-refractivity contribution in [3.8, 4) is 11.5 Å². The molecule has 2 aromatic rings. The van der Waals surface area contributed by atoms with Gasteiger partial charge in [-0.15, -0.1) is 0 Å². The first-order valence-electron chi connectivity index (χ1n) is 11.6. The van der Waals surface area contributed by atoms with E-state index in [1.54, 1.807) is 0 Å². The summed E-state index contributed by atoms with van der Waals surface area (Å²) in [7, 11) is -4.42. The Labute approximate surface area is 225 Å². The van der Waals surface area contributed by atoms with Gasteiger partial charge in [-0.3, -0.25) is 0 Å². The Balaban J connectivity index is 0.000000485. The molecule has 0 saturated heterocycles. The molecule has 1 aliphatic rings. The highest BCUT2D eigenvalue weighted by molar-refractivity contribution is 7.83. The van der Waals surface area contributed by atoms with E-state index in [0.717, 1.165) is 11.5 Å². The van der Waals surface area contributed by atoms with Crippen LogP contribution in [0.5, 0.6) is 11.5 Å². The normalized spacial score (nSPS) is 14.3. The minimum absolute atomic E-state index is 0.259. The summed E-state index contributed by atoms with van der Waals surface area (Å²) in [6, 6.07) is 16.2. The highest BCUT2D eigenvalue weighted by Crippen LogP contribution is 2.15. The van der Waals surface area contributed by atoms with Crippen LogP contribution in [0.2, 0.25) is 0 Å². The van der Waals surface area contributed by atoms with Crippen LogP contribution in [0.4, 0.5) is 0 Å². The molecule has 10 heteroatoms. The summed E-state index contributed by atoms with van der Waals surface area (Å²) in [4.78, 5) is 0. The molecule has 2 aromatic carbocycles. The zero-order valence-corrected chi connectivity index (χ0v) is 23.8. The van der Waals surface area contributed by atoms with Crippen LogP contribution in [-0.2, 0) is 19.8 Å². The standard InChI is InChI=1S/C20H22IO4.C6H12.H3NO3S/c1-5-22-15(3)24-19-11-7-17(8-12-19)21-18-9-13-20(14-10-18)25-16(4)23-6-2;1-2-4-6-5-3-1;1-5(2,3)4/h5-16H,1-2H2,3-4H3;1-6H2;(H3,1,2,3,4)/q+1;;/p-1. The summed E-state index contributed by atoms with van der Waals surface area (Å²) >= 11 is -0.259. The fraction of sp³-hybridized carbons (Fsp3) is 0.385. The first kappa shape index (κ1) is 31.7. The van der Waals surface area contributed by atoms with E-state index in [1.165, 1.54) is 58.2 Å². The fourth-order valence-electron chi connectivity index (χ4n) is 3.05. The fourth-order valence-corrected chi connectivity index (χ4v) is 5.21. The van der Waals surface area contributed by atoms with Gasteiger partial charge in [0.05, 0.1) is 12.5 Å². The van der Waals surface area contributed by atoms with Crippen molar-refractivity contribution < 1.29 is 53.1 Å². The molecule has 2 unspecified atom stereocenters. The molecule has 2 atom stereocenters. The molecule has 0 heterocycles. The number of halogens is 1. The predicted molar refractivity (Wildman–Crippen MR) is 135 cm³/mol. The Morgan fingerprint density at radius 3 is 1.31 bits per heavy atom. The van der Waals surface area contributed by atoms with Crippen LogP contribution in [0.3, 0.4) is 0 Å². The number of nitrogens with two attached hydrogens (primary N) is 1. The van der Waals surface area contributed by atoms with E-state index in [1.807, 2.05) is 38.1 Å². The van der Waals surface area contributed by atoms with Gasteiger partial charge >= 0.3 is 21.2 Å². The van der Waals surface area contributed by atoms with Gasteiger partial charge in [0.25, 0.3) is 0 Å². The largest absolute Gasteiger partial charge is 0.736 e. The van der Waals surface area contributed by atoms with Gasteiger partial charge in [-0.2, -0.15) is 0 Å². The Bertz CT molecular complexity index is 899. The molecule has 0 bridgehead atoms. The Kier molecular flexibility index (Phi) is 15.9. The lowest BCUT2D eigenvalue weighted by Crippen LogP contribution is -3.61. The van der Waals surface area contributed by atoms with Crippen molar-refractivity contribution in [2.75, 3.05) is 0 Å². The number of hydrogen-bond acceptors (Lipinski definition) is 7. The number of rotatable bonds is 10. The molecule has 200 valence electrons. The molecule has 36 heavy (non-hydrogen) atoms. The molecule has 0 aromatic heterocycles. The molecule has 1 aliphatic carbocycles. The highest BCUT2D eigenvalue weighted by Gasteiger charge is 2.16. The maximum atomic E-state index is 8.85. The predicted octanol–water partition coefficient (Wildman–Crippen LogP) is 2.33. The second-order valence-electron chi connectivity index (χ2n) is 7.59. The lowest BCUT2D eigenvalue weighted by Gasteiger charge is -2.13. The van der Waals surface area contributed by atoms with Gasteiger partial charge in [0.2, 0.25) is 12.6 Å². The molecule has 0 amide bonds. The van der Waals surface area contributed by atoms with Gasteiger partial charge in [0.1, 0.15) is 11.5 Å². The molecule has 8 nitrogen and oxygen atoms in total. The zero-order valence-electron chi connectivity index (χ0n) is 20.8. The summed E-state index contributed by atoms with van der Waals surface area (Å²) in [6.45, 7) is 10.7. The van der Waals surface area contributed by atoms with Gasteiger partial charge < -0.3 is 23.5 Å². The van der Waals surface area contributed by atoms with Crippen LogP contribution in [0.1, 0.15) is 52.4 Å². The smallest absolute Gasteiger partial charge is 0.357 e. The molecule has 0 aliphatic heterocycles. The van der Waals surface area contributed by atoms with E-state index in [-0.39, 0.29) is 33.8 Å². The Morgan fingerprint density at radius 2 is 1.06 bits per heavy atom. The molecule has 2 N–H and O–H groups in total. The van der Waals surface area contributed by atoms with Gasteiger partial charge in [0.15, 0.2) is 17.4 Å². The van der Waals surface area contributed by atoms with Crippen LogP contribution in [-0.4, -0.2) is 25.6 Å². The van der Waals surface area contributed by atoms with E-state index < -0.39 is 10.3 Å². The molecular formula is C26H36INO7S. The second kappa shape index (κ2) is 18.0. The summed E-state index contributed by atoms with van der Waals surface area (Å²) < 4.78 is 50.7. The van der Waals surface area contributed by atoms with Crippen molar-refractivity contribution in [2.45, 2.75) is 65.0 Å². The molecule has 1 saturated carbocycles. The van der Waals surface area contributed by atoms with E-state index in [2.05, 4.69) is 42.6 Å². The molecule has 0 radical (unpaired) electrons. The lowest BCUT2D eigenvalue weighted by molar-refractivity contribution is -0.597. The Hall–Kier alpha value is -2.28. The molecular weight excluding hydrogens is 597 g/mol. The summed E-state index contributed by atoms with van der Waals surface area (Å²) in [5, 5.41) is 3.77. The first-order valence-corrected chi connectivity index (χ1v) is 15.2. The monoisotopic (exact) mass is 633 g/mol. The maximum Gasteiger partial charge on any atom is 0.357 e. The summed E-state index contributed by atoms with van der Waals surface area (Å²) in [5.41, 5.74) is 0. The van der Waals surface area contributed by atoms with Crippen LogP contribution in [0.25, 0.3) is 0 Å². The minimum Gasteiger partial charge on any atom is -0.736 e. The topological polar surface area (TPSA) is 120 Å². The summed E-state index contributed by atoms with van der Waals surface area (Å²) in [6.07, 6.45) is 11.1. The van der Waals surface area contributed by atoms with Gasteiger partial charge in [-0.25, -0.2) is 13.6 Å². The third-order valence-corrected chi connectivity index (χ3v) is 7.21. The minimum atomic E-state index is -4.42. The quantitative estimate of drug-likeness (QED) is 0.185. The average Bonchev–Trinajstić information content (AvgIpc) is 2.82. The molecule has 1 fully saturated rings. The van der Waals surface area contributed by atoms with Crippen LogP contribution >= 0.6 is 0 Å². The van der Waals surface area contributed by atoms with Gasteiger partial charge in [-0.1, -0.05) is 51.7 Å². The third-order valence-electron chi connectivity index (χ3n) is 4.53.